The van der Waals surface area contributed by atoms with E-state index in [9.17, 15) is 5.11 Å². The predicted octanol–water partition coefficient (Wildman–Crippen LogP) is 0.941. The number of aliphatic hydroxyl groups is 1. The minimum absolute atomic E-state index is 0.102. The van der Waals surface area contributed by atoms with Gasteiger partial charge in [0.1, 0.15) is 0 Å². The Bertz CT molecular complexity index is 309. The van der Waals surface area contributed by atoms with Crippen LogP contribution in [0.1, 0.15) is 26.5 Å². The summed E-state index contributed by atoms with van der Waals surface area (Å²) in [6.07, 6.45) is 1.78. The summed E-state index contributed by atoms with van der Waals surface area (Å²) in [6, 6.07) is 2.31. The molecule has 0 saturated carbocycles. The molecule has 1 aromatic rings. The fourth-order valence-electron chi connectivity index (χ4n) is 1.73. The molecular weight excluding hydrogens is 190 g/mol. The van der Waals surface area contributed by atoms with Gasteiger partial charge >= 0.3 is 0 Å². The average molecular weight is 211 g/mol. The molecule has 0 spiro atoms. The molecule has 1 unspecified atom stereocenters. The molecule has 15 heavy (non-hydrogen) atoms. The van der Waals surface area contributed by atoms with Crippen LogP contribution in [-0.2, 0) is 6.54 Å². The Morgan fingerprint density at radius 2 is 2.27 bits per heavy atom. The average Bonchev–Trinajstić information content (AvgIpc) is 2.50. The van der Waals surface area contributed by atoms with Crippen molar-refractivity contribution in [2.45, 2.75) is 45.8 Å². The van der Waals surface area contributed by atoms with E-state index in [4.69, 9.17) is 0 Å². The Morgan fingerprint density at radius 1 is 1.60 bits per heavy atom. The Morgan fingerprint density at radius 3 is 2.67 bits per heavy atom. The summed E-state index contributed by atoms with van der Waals surface area (Å²) in [7, 11) is 0. The first-order valence-corrected chi connectivity index (χ1v) is 5.34. The standard InChI is InChI=1S/C11H21N3O/c1-9(2)13-11(4,8-15)7-14-10(3)5-6-12-14/h5-6,9,13,15H,7-8H2,1-4H3. The molecule has 0 aliphatic rings. The molecule has 1 rings (SSSR count). The van der Waals surface area contributed by atoms with Crippen LogP contribution in [0.5, 0.6) is 0 Å². The first-order valence-electron chi connectivity index (χ1n) is 5.34. The third kappa shape index (κ3) is 3.32. The SMILES string of the molecule is Cc1ccnn1CC(C)(CO)NC(C)C. The third-order valence-electron chi connectivity index (χ3n) is 2.41. The summed E-state index contributed by atoms with van der Waals surface area (Å²) >= 11 is 0. The zero-order chi connectivity index (χ0) is 11.5. The van der Waals surface area contributed by atoms with Gasteiger partial charge in [0.05, 0.1) is 18.7 Å². The normalized spacial score (nSPS) is 15.6. The summed E-state index contributed by atoms with van der Waals surface area (Å²) in [4.78, 5) is 0. The highest BCUT2D eigenvalue weighted by molar-refractivity contribution is 4.98. The molecule has 0 bridgehead atoms. The number of aromatic nitrogens is 2. The first-order chi connectivity index (χ1) is 6.97. The number of rotatable bonds is 5. The lowest BCUT2D eigenvalue weighted by Crippen LogP contribution is -2.52. The Balaban J connectivity index is 2.72. The maximum atomic E-state index is 9.42. The van der Waals surface area contributed by atoms with Gasteiger partial charge in [0, 0.05) is 17.9 Å². The van der Waals surface area contributed by atoms with Gasteiger partial charge in [0.25, 0.3) is 0 Å². The van der Waals surface area contributed by atoms with Crippen molar-refractivity contribution in [1.82, 2.24) is 15.1 Å². The van der Waals surface area contributed by atoms with Gasteiger partial charge in [0.2, 0.25) is 0 Å². The van der Waals surface area contributed by atoms with Gasteiger partial charge < -0.3 is 10.4 Å². The summed E-state index contributed by atoms with van der Waals surface area (Å²) in [5.74, 6) is 0. The molecule has 2 N–H and O–H groups in total. The molecule has 4 heteroatoms. The zero-order valence-electron chi connectivity index (χ0n) is 9.99. The monoisotopic (exact) mass is 211 g/mol. The highest BCUT2D eigenvalue weighted by Crippen LogP contribution is 2.09. The van der Waals surface area contributed by atoms with E-state index in [1.54, 1.807) is 6.20 Å². The van der Waals surface area contributed by atoms with Crippen molar-refractivity contribution in [2.75, 3.05) is 6.61 Å². The number of nitrogens with one attached hydrogen (secondary N) is 1. The lowest BCUT2D eigenvalue weighted by atomic mass is 10.0. The fourth-order valence-corrected chi connectivity index (χ4v) is 1.73. The molecule has 1 atom stereocenters. The van der Waals surface area contributed by atoms with E-state index < -0.39 is 0 Å². The molecule has 4 nitrogen and oxygen atoms in total. The zero-order valence-corrected chi connectivity index (χ0v) is 9.99. The molecule has 0 saturated heterocycles. The maximum absolute atomic E-state index is 9.42. The van der Waals surface area contributed by atoms with Gasteiger partial charge in [-0.1, -0.05) is 13.8 Å². The largest absolute Gasteiger partial charge is 0.394 e. The van der Waals surface area contributed by atoms with Gasteiger partial charge in [-0.05, 0) is 19.9 Å². The van der Waals surface area contributed by atoms with E-state index in [1.165, 1.54) is 0 Å². The quantitative estimate of drug-likeness (QED) is 0.762. The molecule has 0 amide bonds. The van der Waals surface area contributed by atoms with Crippen molar-refractivity contribution in [3.8, 4) is 0 Å². The van der Waals surface area contributed by atoms with E-state index in [-0.39, 0.29) is 12.1 Å². The summed E-state index contributed by atoms with van der Waals surface area (Å²) in [5, 5.41) is 17.0. The van der Waals surface area contributed by atoms with Crippen LogP contribution >= 0.6 is 0 Å². The second-order valence-electron chi connectivity index (χ2n) is 4.65. The van der Waals surface area contributed by atoms with E-state index in [0.717, 1.165) is 5.69 Å². The predicted molar refractivity (Wildman–Crippen MR) is 60.7 cm³/mol. The molecule has 0 aliphatic carbocycles. The van der Waals surface area contributed by atoms with E-state index in [2.05, 4.69) is 24.3 Å². The van der Waals surface area contributed by atoms with E-state index in [0.29, 0.717) is 12.6 Å². The lowest BCUT2D eigenvalue weighted by molar-refractivity contribution is 0.144. The van der Waals surface area contributed by atoms with Gasteiger partial charge in [-0.25, -0.2) is 0 Å². The van der Waals surface area contributed by atoms with Gasteiger partial charge in [0.15, 0.2) is 0 Å². The molecule has 1 aromatic heterocycles. The number of hydrogen-bond acceptors (Lipinski definition) is 3. The van der Waals surface area contributed by atoms with Crippen molar-refractivity contribution < 1.29 is 5.11 Å². The van der Waals surface area contributed by atoms with Crippen LogP contribution in [0.15, 0.2) is 12.3 Å². The van der Waals surface area contributed by atoms with E-state index >= 15 is 0 Å². The van der Waals surface area contributed by atoms with Crippen molar-refractivity contribution in [1.29, 1.82) is 0 Å². The van der Waals surface area contributed by atoms with Crippen LogP contribution in [0.3, 0.4) is 0 Å². The van der Waals surface area contributed by atoms with Crippen LogP contribution in [-0.4, -0.2) is 33.1 Å². The van der Waals surface area contributed by atoms with Crippen LogP contribution in [0.2, 0.25) is 0 Å². The molecule has 0 aromatic carbocycles. The maximum Gasteiger partial charge on any atom is 0.0628 e. The smallest absolute Gasteiger partial charge is 0.0628 e. The van der Waals surface area contributed by atoms with Gasteiger partial charge in [-0.3, -0.25) is 4.68 Å². The molecule has 0 fully saturated rings. The molecule has 0 radical (unpaired) electrons. The van der Waals surface area contributed by atoms with Gasteiger partial charge in [-0.15, -0.1) is 0 Å². The minimum atomic E-state index is -0.315. The summed E-state index contributed by atoms with van der Waals surface area (Å²) in [6.45, 7) is 8.95. The van der Waals surface area contributed by atoms with Gasteiger partial charge in [-0.2, -0.15) is 5.10 Å². The van der Waals surface area contributed by atoms with Crippen LogP contribution in [0.4, 0.5) is 0 Å². The minimum Gasteiger partial charge on any atom is -0.394 e. The van der Waals surface area contributed by atoms with E-state index in [1.807, 2.05) is 24.6 Å². The Kier molecular flexibility index (Phi) is 3.88. The second kappa shape index (κ2) is 4.77. The van der Waals surface area contributed by atoms with Crippen molar-refractivity contribution in [2.24, 2.45) is 0 Å². The lowest BCUT2D eigenvalue weighted by Gasteiger charge is -2.31. The summed E-state index contributed by atoms with van der Waals surface area (Å²) < 4.78 is 1.91. The second-order valence-corrected chi connectivity index (χ2v) is 4.65. The topological polar surface area (TPSA) is 50.1 Å². The number of hydrogen-bond donors (Lipinski definition) is 2. The highest BCUT2D eigenvalue weighted by atomic mass is 16.3. The van der Waals surface area contributed by atoms with Crippen LogP contribution in [0, 0.1) is 6.92 Å². The number of aliphatic hydroxyl groups excluding tert-OH is 1. The Labute approximate surface area is 91.3 Å². The number of nitrogens with zero attached hydrogens (tertiary/aromatic N) is 2. The van der Waals surface area contributed by atoms with Crippen molar-refractivity contribution >= 4 is 0 Å². The third-order valence-corrected chi connectivity index (χ3v) is 2.41. The first kappa shape index (κ1) is 12.2. The molecular formula is C11H21N3O. The van der Waals surface area contributed by atoms with Crippen molar-refractivity contribution in [3.63, 3.8) is 0 Å². The number of aryl methyl sites for hydroxylation is 1. The molecule has 1 heterocycles. The fraction of sp³-hybridized carbons (Fsp3) is 0.727. The highest BCUT2D eigenvalue weighted by Gasteiger charge is 2.25. The summed E-state index contributed by atoms with van der Waals surface area (Å²) in [5.41, 5.74) is 0.797. The molecule has 86 valence electrons. The van der Waals surface area contributed by atoms with Crippen molar-refractivity contribution in [3.05, 3.63) is 18.0 Å². The van der Waals surface area contributed by atoms with Crippen LogP contribution < -0.4 is 5.32 Å². The van der Waals surface area contributed by atoms with Crippen LogP contribution in [0.25, 0.3) is 0 Å². The Hall–Kier alpha value is -0.870. The molecule has 0 aliphatic heterocycles.